The van der Waals surface area contributed by atoms with Crippen molar-refractivity contribution < 1.29 is 0 Å². The third-order valence-corrected chi connectivity index (χ3v) is 2.67. The minimum atomic E-state index is -0.474. The molecule has 1 aromatic heterocycles. The Morgan fingerprint density at radius 2 is 2.06 bits per heavy atom. The van der Waals surface area contributed by atoms with Gasteiger partial charge in [0.15, 0.2) is 0 Å². The first-order valence-electron chi connectivity index (χ1n) is 5.40. The van der Waals surface area contributed by atoms with E-state index in [1.54, 1.807) is 31.2 Å². The van der Waals surface area contributed by atoms with E-state index < -0.39 is 5.69 Å². The third kappa shape index (κ3) is 2.23. The second-order valence-electron chi connectivity index (χ2n) is 3.97. The van der Waals surface area contributed by atoms with Crippen LogP contribution in [0.1, 0.15) is 16.7 Å². The molecule has 0 aliphatic heterocycles. The van der Waals surface area contributed by atoms with Crippen LogP contribution in [0.3, 0.4) is 0 Å². The molecule has 0 spiro atoms. The number of H-pyrrole nitrogens is 1. The zero-order valence-electron chi connectivity index (χ0n) is 9.80. The maximum Gasteiger partial charge on any atom is 0.328 e. The first-order valence-corrected chi connectivity index (χ1v) is 5.40. The van der Waals surface area contributed by atoms with E-state index >= 15 is 0 Å². The van der Waals surface area contributed by atoms with E-state index in [0.717, 1.165) is 5.56 Å². The summed E-state index contributed by atoms with van der Waals surface area (Å²) in [5.41, 5.74) is 0.869. The summed E-state index contributed by atoms with van der Waals surface area (Å²) < 4.78 is 1.38. The lowest BCUT2D eigenvalue weighted by Gasteiger charge is -2.07. The molecule has 0 radical (unpaired) electrons. The number of nitriles is 1. The highest BCUT2D eigenvalue weighted by molar-refractivity contribution is 5.37. The van der Waals surface area contributed by atoms with E-state index in [1.165, 1.54) is 10.8 Å². The van der Waals surface area contributed by atoms with Crippen molar-refractivity contribution in [2.24, 2.45) is 0 Å². The van der Waals surface area contributed by atoms with Crippen LogP contribution < -0.4 is 11.2 Å². The average molecular weight is 241 g/mol. The number of aryl methyl sites for hydroxylation is 1. The maximum atomic E-state index is 11.6. The number of aromatic amines is 1. The lowest BCUT2D eigenvalue weighted by atomic mass is 10.1. The second kappa shape index (κ2) is 4.72. The standard InChI is InChI=1S/C13H11N3O2/c1-9-7-16(13(18)15-12(9)17)8-11-5-3-2-4-10(11)6-14/h2-5,7H,8H2,1H3,(H,15,17,18). The summed E-state index contributed by atoms with van der Waals surface area (Å²) in [4.78, 5) is 25.1. The zero-order chi connectivity index (χ0) is 13.1. The number of hydrogen-bond acceptors (Lipinski definition) is 3. The van der Waals surface area contributed by atoms with Gasteiger partial charge >= 0.3 is 5.69 Å². The molecule has 0 bridgehead atoms. The largest absolute Gasteiger partial charge is 0.328 e. The molecule has 0 aliphatic carbocycles. The van der Waals surface area contributed by atoms with Crippen LogP contribution in [0.25, 0.3) is 0 Å². The normalized spacial score (nSPS) is 10.0. The Balaban J connectivity index is 2.47. The lowest BCUT2D eigenvalue weighted by Crippen LogP contribution is -2.31. The molecule has 2 aromatic rings. The minimum Gasteiger partial charge on any atom is -0.296 e. The number of nitrogens with one attached hydrogen (secondary N) is 1. The van der Waals surface area contributed by atoms with Crippen LogP contribution in [0.2, 0.25) is 0 Å². The van der Waals surface area contributed by atoms with Gasteiger partial charge in [-0.1, -0.05) is 18.2 Å². The Morgan fingerprint density at radius 1 is 1.33 bits per heavy atom. The number of aromatic nitrogens is 2. The van der Waals surface area contributed by atoms with E-state index in [1.807, 2.05) is 0 Å². The Morgan fingerprint density at radius 3 is 2.78 bits per heavy atom. The fourth-order valence-corrected chi connectivity index (χ4v) is 1.69. The van der Waals surface area contributed by atoms with Crippen molar-refractivity contribution in [2.75, 3.05) is 0 Å². The number of rotatable bonds is 2. The fraction of sp³-hybridized carbons (Fsp3) is 0.154. The summed E-state index contributed by atoms with van der Waals surface area (Å²) in [6.45, 7) is 1.89. The lowest BCUT2D eigenvalue weighted by molar-refractivity contribution is 0.712. The highest BCUT2D eigenvalue weighted by Crippen LogP contribution is 2.08. The van der Waals surface area contributed by atoms with Crippen molar-refractivity contribution in [1.29, 1.82) is 5.26 Å². The molecule has 0 amide bonds. The van der Waals surface area contributed by atoms with Crippen molar-refractivity contribution in [1.82, 2.24) is 9.55 Å². The van der Waals surface area contributed by atoms with Gasteiger partial charge in [-0.15, -0.1) is 0 Å². The second-order valence-corrected chi connectivity index (χ2v) is 3.97. The predicted octanol–water partition coefficient (Wildman–Crippen LogP) is 0.765. The molecule has 0 saturated carbocycles. The van der Waals surface area contributed by atoms with E-state index in [4.69, 9.17) is 5.26 Å². The summed E-state index contributed by atoms with van der Waals surface area (Å²) in [6.07, 6.45) is 1.50. The molecule has 0 fully saturated rings. The van der Waals surface area contributed by atoms with Crippen LogP contribution >= 0.6 is 0 Å². The molecular weight excluding hydrogens is 230 g/mol. The van der Waals surface area contributed by atoms with Crippen LogP contribution in [0.4, 0.5) is 0 Å². The maximum absolute atomic E-state index is 11.6. The molecule has 1 N–H and O–H groups in total. The molecule has 0 aliphatic rings. The monoisotopic (exact) mass is 241 g/mol. The zero-order valence-corrected chi connectivity index (χ0v) is 9.80. The van der Waals surface area contributed by atoms with Gasteiger partial charge in [0.1, 0.15) is 0 Å². The van der Waals surface area contributed by atoms with Crippen LogP contribution in [0.5, 0.6) is 0 Å². The molecule has 2 rings (SSSR count). The topological polar surface area (TPSA) is 78.7 Å². The van der Waals surface area contributed by atoms with Gasteiger partial charge in [-0.25, -0.2) is 4.79 Å². The Bertz CT molecular complexity index is 735. The van der Waals surface area contributed by atoms with Crippen molar-refractivity contribution in [3.8, 4) is 6.07 Å². The van der Waals surface area contributed by atoms with Crippen LogP contribution in [0.15, 0.2) is 40.1 Å². The first-order chi connectivity index (χ1) is 8.61. The van der Waals surface area contributed by atoms with Crippen LogP contribution in [-0.2, 0) is 6.54 Å². The van der Waals surface area contributed by atoms with Crippen LogP contribution in [0, 0.1) is 18.3 Å². The minimum absolute atomic E-state index is 0.264. The van der Waals surface area contributed by atoms with Crippen LogP contribution in [-0.4, -0.2) is 9.55 Å². The molecule has 5 heteroatoms. The smallest absolute Gasteiger partial charge is 0.296 e. The van der Waals surface area contributed by atoms with Gasteiger partial charge in [0, 0.05) is 11.8 Å². The van der Waals surface area contributed by atoms with Gasteiger partial charge in [-0.2, -0.15) is 5.26 Å². The Labute approximate surface area is 103 Å². The molecular formula is C13H11N3O2. The molecule has 5 nitrogen and oxygen atoms in total. The Kier molecular flexibility index (Phi) is 3.11. The van der Waals surface area contributed by atoms with Gasteiger partial charge in [-0.3, -0.25) is 14.3 Å². The molecule has 90 valence electrons. The number of benzene rings is 1. The van der Waals surface area contributed by atoms with Crippen molar-refractivity contribution in [2.45, 2.75) is 13.5 Å². The van der Waals surface area contributed by atoms with Gasteiger partial charge in [-0.05, 0) is 18.6 Å². The van der Waals surface area contributed by atoms with Gasteiger partial charge in [0.2, 0.25) is 0 Å². The summed E-state index contributed by atoms with van der Waals surface area (Å²) in [7, 11) is 0. The molecule has 0 atom stereocenters. The fourth-order valence-electron chi connectivity index (χ4n) is 1.69. The number of hydrogen-bond donors (Lipinski definition) is 1. The van der Waals surface area contributed by atoms with E-state index in [2.05, 4.69) is 11.1 Å². The quantitative estimate of drug-likeness (QED) is 0.843. The SMILES string of the molecule is Cc1cn(Cc2ccccc2C#N)c(=O)[nH]c1=O. The molecule has 0 saturated heterocycles. The van der Waals surface area contributed by atoms with E-state index in [-0.39, 0.29) is 12.1 Å². The van der Waals surface area contributed by atoms with Crippen molar-refractivity contribution >= 4 is 0 Å². The summed E-state index contributed by atoms with van der Waals surface area (Å²) in [5.74, 6) is 0. The average Bonchev–Trinajstić information content (AvgIpc) is 2.36. The third-order valence-electron chi connectivity index (χ3n) is 2.67. The van der Waals surface area contributed by atoms with Gasteiger partial charge in [0.25, 0.3) is 5.56 Å². The highest BCUT2D eigenvalue weighted by Gasteiger charge is 2.05. The summed E-state index contributed by atoms with van der Waals surface area (Å²) in [5, 5.41) is 8.97. The van der Waals surface area contributed by atoms with Gasteiger partial charge < -0.3 is 0 Å². The summed E-state index contributed by atoms with van der Waals surface area (Å²) >= 11 is 0. The highest BCUT2D eigenvalue weighted by atomic mass is 16.2. The molecule has 18 heavy (non-hydrogen) atoms. The summed E-state index contributed by atoms with van der Waals surface area (Å²) in [6, 6.07) is 9.12. The van der Waals surface area contributed by atoms with E-state index in [0.29, 0.717) is 11.1 Å². The van der Waals surface area contributed by atoms with E-state index in [9.17, 15) is 9.59 Å². The van der Waals surface area contributed by atoms with Gasteiger partial charge in [0.05, 0.1) is 18.2 Å². The molecule has 1 heterocycles. The Hall–Kier alpha value is -2.61. The van der Waals surface area contributed by atoms with Crippen molar-refractivity contribution in [3.63, 3.8) is 0 Å². The number of nitrogens with zero attached hydrogens (tertiary/aromatic N) is 2. The van der Waals surface area contributed by atoms with Crippen molar-refractivity contribution in [3.05, 3.63) is 68.0 Å². The predicted molar refractivity (Wildman–Crippen MR) is 66.3 cm³/mol. The first kappa shape index (κ1) is 11.9. The molecule has 1 aromatic carbocycles. The molecule has 0 unspecified atom stereocenters.